The molecule has 0 bridgehead atoms. The number of nitro groups is 1. The summed E-state index contributed by atoms with van der Waals surface area (Å²) in [5, 5.41) is 13.5. The summed E-state index contributed by atoms with van der Waals surface area (Å²) in [6.45, 7) is 0.766. The van der Waals surface area contributed by atoms with Gasteiger partial charge < -0.3 is 14.8 Å². The van der Waals surface area contributed by atoms with Gasteiger partial charge in [0.2, 0.25) is 0 Å². The summed E-state index contributed by atoms with van der Waals surface area (Å²) < 4.78 is 11.8. The van der Waals surface area contributed by atoms with Gasteiger partial charge in [-0.2, -0.15) is 0 Å². The van der Waals surface area contributed by atoms with Crippen LogP contribution in [0.15, 0.2) is 18.2 Å². The number of rotatable bonds is 4. The van der Waals surface area contributed by atoms with Crippen molar-refractivity contribution in [1.82, 2.24) is 5.32 Å². The van der Waals surface area contributed by atoms with Gasteiger partial charge in [-0.3, -0.25) is 14.9 Å². The fraction of sp³-hybridized carbons (Fsp3) is 0.562. The van der Waals surface area contributed by atoms with Gasteiger partial charge in [0.1, 0.15) is 6.10 Å². The summed E-state index contributed by atoms with van der Waals surface area (Å²) in [5.74, 6) is -0.860. The van der Waals surface area contributed by atoms with Gasteiger partial charge >= 0.3 is 0 Å². The molecule has 1 saturated heterocycles. The van der Waals surface area contributed by atoms with E-state index in [-0.39, 0.29) is 28.3 Å². The van der Waals surface area contributed by atoms with Crippen molar-refractivity contribution in [2.24, 2.45) is 0 Å². The molecule has 0 radical (unpaired) electrons. The van der Waals surface area contributed by atoms with Gasteiger partial charge in [0.25, 0.3) is 11.6 Å². The number of hydrogen-bond acceptors (Lipinski definition) is 5. The lowest BCUT2D eigenvalue weighted by Gasteiger charge is -2.31. The third kappa shape index (κ3) is 3.68. The molecule has 1 aromatic rings. The highest BCUT2D eigenvalue weighted by atomic mass is 35.5. The first-order valence-corrected chi connectivity index (χ1v) is 8.41. The maximum atomic E-state index is 12.2. The lowest BCUT2D eigenvalue weighted by molar-refractivity contribution is -0.384. The quantitative estimate of drug-likeness (QED) is 0.662. The highest BCUT2D eigenvalue weighted by Crippen LogP contribution is 2.37. The molecule has 0 aromatic heterocycles. The van der Waals surface area contributed by atoms with Gasteiger partial charge in [0, 0.05) is 31.5 Å². The van der Waals surface area contributed by atoms with E-state index in [4.69, 9.17) is 21.1 Å². The minimum absolute atomic E-state index is 0.0500. The number of carbonyl (C=O) groups is 1. The van der Waals surface area contributed by atoms with E-state index in [1.165, 1.54) is 24.6 Å². The van der Waals surface area contributed by atoms with Crippen LogP contribution in [0.5, 0.6) is 0 Å². The smallest absolute Gasteiger partial charge is 0.270 e. The highest BCUT2D eigenvalue weighted by Gasteiger charge is 2.42. The Morgan fingerprint density at radius 3 is 2.79 bits per heavy atom. The molecule has 1 aromatic carbocycles. The molecule has 1 amide bonds. The van der Waals surface area contributed by atoms with E-state index >= 15 is 0 Å². The van der Waals surface area contributed by atoms with Crippen LogP contribution in [0.25, 0.3) is 0 Å². The number of nitrogens with one attached hydrogen (secondary N) is 1. The molecule has 1 spiro atoms. The molecule has 8 heteroatoms. The van der Waals surface area contributed by atoms with Crippen LogP contribution in [0.1, 0.15) is 42.5 Å². The predicted octanol–water partition coefficient (Wildman–Crippen LogP) is 3.05. The Morgan fingerprint density at radius 1 is 1.38 bits per heavy atom. The van der Waals surface area contributed by atoms with Crippen molar-refractivity contribution in [2.75, 3.05) is 13.2 Å². The van der Waals surface area contributed by atoms with Gasteiger partial charge in [0.15, 0.2) is 5.79 Å². The topological polar surface area (TPSA) is 90.7 Å². The van der Waals surface area contributed by atoms with Gasteiger partial charge in [-0.1, -0.05) is 18.0 Å². The van der Waals surface area contributed by atoms with Crippen molar-refractivity contribution in [3.63, 3.8) is 0 Å². The first-order valence-electron chi connectivity index (χ1n) is 8.03. The van der Waals surface area contributed by atoms with Crippen molar-refractivity contribution < 1.29 is 19.2 Å². The summed E-state index contributed by atoms with van der Waals surface area (Å²) in [6.07, 6.45) is 4.99. The molecule has 1 aliphatic heterocycles. The number of non-ortho nitro benzene ring substituents is 1. The first-order chi connectivity index (χ1) is 11.5. The largest absolute Gasteiger partial charge is 0.349 e. The van der Waals surface area contributed by atoms with Crippen molar-refractivity contribution in [3.8, 4) is 0 Å². The SMILES string of the molecule is O=C(NC[C@@H]1COC2(CCCCC2)O1)c1ccc([N+](=O)[O-])cc1Cl. The van der Waals surface area contributed by atoms with Gasteiger partial charge in [-0.05, 0) is 18.9 Å². The minimum atomic E-state index is -0.555. The molecule has 0 unspecified atom stereocenters. The number of amides is 1. The normalized spacial score (nSPS) is 22.5. The van der Waals surface area contributed by atoms with E-state index in [1.807, 2.05) is 0 Å². The lowest BCUT2D eigenvalue weighted by Crippen LogP contribution is -2.37. The summed E-state index contributed by atoms with van der Waals surface area (Å²) in [7, 11) is 0. The average Bonchev–Trinajstić information content (AvgIpc) is 2.95. The Balaban J connectivity index is 1.55. The van der Waals surface area contributed by atoms with E-state index in [0.29, 0.717) is 13.2 Å². The average molecular weight is 355 g/mol. The molecule has 2 aliphatic rings. The van der Waals surface area contributed by atoms with Crippen molar-refractivity contribution in [2.45, 2.75) is 44.0 Å². The monoisotopic (exact) mass is 354 g/mol. The molecule has 1 aliphatic carbocycles. The van der Waals surface area contributed by atoms with Crippen LogP contribution in [0.4, 0.5) is 5.69 Å². The van der Waals surface area contributed by atoms with E-state index in [1.54, 1.807) is 0 Å². The summed E-state index contributed by atoms with van der Waals surface area (Å²) in [4.78, 5) is 22.4. The Morgan fingerprint density at radius 2 is 2.12 bits per heavy atom. The Kier molecular flexibility index (Phi) is 5.03. The van der Waals surface area contributed by atoms with Crippen molar-refractivity contribution in [3.05, 3.63) is 38.9 Å². The zero-order valence-electron chi connectivity index (χ0n) is 13.1. The molecule has 130 valence electrons. The number of hydrogen-bond donors (Lipinski definition) is 1. The van der Waals surface area contributed by atoms with Crippen LogP contribution < -0.4 is 5.32 Å². The molecule has 2 fully saturated rings. The van der Waals surface area contributed by atoms with Crippen LogP contribution in [0, 0.1) is 10.1 Å². The zero-order chi connectivity index (χ0) is 17.2. The number of carbonyl (C=O) groups excluding carboxylic acids is 1. The van der Waals surface area contributed by atoms with Crippen LogP contribution in [-0.4, -0.2) is 35.9 Å². The van der Waals surface area contributed by atoms with Crippen LogP contribution in [0.2, 0.25) is 5.02 Å². The molecule has 1 atom stereocenters. The summed E-state index contributed by atoms with van der Waals surface area (Å²) in [5.41, 5.74) is 0.0527. The number of benzene rings is 1. The Hall–Kier alpha value is -1.70. The molecule has 24 heavy (non-hydrogen) atoms. The van der Waals surface area contributed by atoms with Crippen molar-refractivity contribution >= 4 is 23.2 Å². The van der Waals surface area contributed by atoms with Crippen molar-refractivity contribution in [1.29, 1.82) is 0 Å². The zero-order valence-corrected chi connectivity index (χ0v) is 13.9. The second kappa shape index (κ2) is 7.04. The van der Waals surface area contributed by atoms with Crippen LogP contribution in [-0.2, 0) is 9.47 Å². The number of ether oxygens (including phenoxy) is 2. The molecule has 7 nitrogen and oxygen atoms in total. The molecule has 3 rings (SSSR count). The minimum Gasteiger partial charge on any atom is -0.349 e. The third-order valence-electron chi connectivity index (χ3n) is 4.43. The predicted molar refractivity (Wildman–Crippen MR) is 87.1 cm³/mol. The standard InChI is InChI=1S/C16H19ClN2O5/c17-14-8-11(19(21)22)4-5-13(14)15(20)18-9-12-10-23-16(24-12)6-2-1-3-7-16/h4-5,8,12H,1-3,6-7,9-10H2,(H,18,20)/t12-/m1/s1. The highest BCUT2D eigenvalue weighted by molar-refractivity contribution is 6.34. The Bertz CT molecular complexity index is 645. The van der Waals surface area contributed by atoms with E-state index in [9.17, 15) is 14.9 Å². The number of nitro benzene ring substituents is 1. The Labute approximate surface area is 144 Å². The maximum Gasteiger partial charge on any atom is 0.270 e. The van der Waals surface area contributed by atoms with Crippen LogP contribution >= 0.6 is 11.6 Å². The van der Waals surface area contributed by atoms with E-state index < -0.39 is 10.7 Å². The van der Waals surface area contributed by atoms with Gasteiger partial charge in [-0.15, -0.1) is 0 Å². The number of nitrogens with zero attached hydrogens (tertiary/aromatic N) is 1. The van der Waals surface area contributed by atoms with Gasteiger partial charge in [0.05, 0.1) is 22.1 Å². The maximum absolute atomic E-state index is 12.2. The number of halogens is 1. The second-order valence-electron chi connectivity index (χ2n) is 6.15. The third-order valence-corrected chi connectivity index (χ3v) is 4.74. The summed E-state index contributed by atoms with van der Waals surface area (Å²) in [6, 6.07) is 3.78. The van der Waals surface area contributed by atoms with Crippen LogP contribution in [0.3, 0.4) is 0 Å². The summed E-state index contributed by atoms with van der Waals surface area (Å²) >= 11 is 5.96. The van der Waals surface area contributed by atoms with Gasteiger partial charge in [-0.25, -0.2) is 0 Å². The molecular formula is C16H19ClN2O5. The van der Waals surface area contributed by atoms with E-state index in [2.05, 4.69) is 5.32 Å². The fourth-order valence-corrected chi connectivity index (χ4v) is 3.43. The molecule has 1 heterocycles. The molecule has 1 saturated carbocycles. The molecule has 1 N–H and O–H groups in total. The lowest BCUT2D eigenvalue weighted by atomic mass is 9.94. The first kappa shape index (κ1) is 17.1. The molecular weight excluding hydrogens is 336 g/mol. The van der Waals surface area contributed by atoms with E-state index in [0.717, 1.165) is 25.7 Å². The second-order valence-corrected chi connectivity index (χ2v) is 6.56. The fourth-order valence-electron chi connectivity index (χ4n) is 3.17.